The zero-order valence-electron chi connectivity index (χ0n) is 16.9. The lowest BCUT2D eigenvalue weighted by atomic mass is 10.1. The number of methoxy groups -OCH3 is 1. The third-order valence-electron chi connectivity index (χ3n) is 4.64. The summed E-state index contributed by atoms with van der Waals surface area (Å²) >= 11 is 0. The molecule has 31 heavy (non-hydrogen) atoms. The highest BCUT2D eigenvalue weighted by Gasteiger charge is 2.22. The van der Waals surface area contributed by atoms with Crippen molar-refractivity contribution in [2.45, 2.75) is 19.1 Å². The van der Waals surface area contributed by atoms with Gasteiger partial charge >= 0.3 is 5.97 Å². The van der Waals surface area contributed by atoms with Gasteiger partial charge in [-0.1, -0.05) is 42.5 Å². The van der Waals surface area contributed by atoms with E-state index in [1.165, 1.54) is 25.3 Å². The maximum atomic E-state index is 12.7. The van der Waals surface area contributed by atoms with E-state index in [-0.39, 0.29) is 17.7 Å². The van der Waals surface area contributed by atoms with E-state index in [9.17, 15) is 19.8 Å². The average molecular weight is 421 g/mol. The van der Waals surface area contributed by atoms with Gasteiger partial charge in [0.25, 0.3) is 5.91 Å². The lowest BCUT2D eigenvalue weighted by Gasteiger charge is -2.16. The average Bonchev–Trinajstić information content (AvgIpc) is 2.79. The van der Waals surface area contributed by atoms with E-state index >= 15 is 0 Å². The second kappa shape index (κ2) is 10.2. The van der Waals surface area contributed by atoms with Gasteiger partial charge < -0.3 is 25.0 Å². The molecule has 3 aromatic rings. The van der Waals surface area contributed by atoms with Crippen LogP contribution in [0.2, 0.25) is 0 Å². The number of hydrogen-bond donors (Lipinski definition) is 3. The molecule has 0 saturated heterocycles. The molecule has 0 aromatic heterocycles. The van der Waals surface area contributed by atoms with Crippen molar-refractivity contribution in [3.63, 3.8) is 0 Å². The Balaban J connectivity index is 1.69. The highest BCUT2D eigenvalue weighted by molar-refractivity contribution is 5.97. The molecule has 0 radical (unpaired) electrons. The fourth-order valence-corrected chi connectivity index (χ4v) is 2.97. The maximum absolute atomic E-state index is 12.7. The molecule has 3 N–H and O–H groups in total. The minimum absolute atomic E-state index is 0.0801. The molecule has 1 unspecified atom stereocenters. The number of aromatic hydroxyl groups is 1. The molecular formula is C24H23NO6. The summed E-state index contributed by atoms with van der Waals surface area (Å²) in [5.74, 6) is -0.771. The van der Waals surface area contributed by atoms with Gasteiger partial charge in [-0.05, 0) is 41.5 Å². The molecule has 0 aliphatic heterocycles. The van der Waals surface area contributed by atoms with Crippen LogP contribution in [-0.4, -0.2) is 35.2 Å². The summed E-state index contributed by atoms with van der Waals surface area (Å²) < 4.78 is 11.1. The summed E-state index contributed by atoms with van der Waals surface area (Å²) in [5, 5.41) is 21.4. The molecule has 160 valence electrons. The van der Waals surface area contributed by atoms with Gasteiger partial charge in [-0.25, -0.2) is 4.79 Å². The topological polar surface area (TPSA) is 105 Å². The van der Waals surface area contributed by atoms with E-state index in [4.69, 9.17) is 9.47 Å². The normalized spacial score (nSPS) is 11.4. The van der Waals surface area contributed by atoms with Crippen molar-refractivity contribution >= 4 is 11.9 Å². The summed E-state index contributed by atoms with van der Waals surface area (Å²) in [5.41, 5.74) is 1.92. The predicted molar refractivity (Wildman–Crippen MR) is 114 cm³/mol. The number of carbonyl (C=O) groups is 2. The number of phenolic OH excluding ortho intramolecular Hbond substituents is 1. The zero-order valence-corrected chi connectivity index (χ0v) is 16.9. The van der Waals surface area contributed by atoms with Gasteiger partial charge in [-0.15, -0.1) is 0 Å². The second-order valence-electron chi connectivity index (χ2n) is 6.87. The number of rotatable bonds is 9. The monoisotopic (exact) mass is 421 g/mol. The van der Waals surface area contributed by atoms with Crippen molar-refractivity contribution in [3.05, 3.63) is 89.5 Å². The van der Waals surface area contributed by atoms with Crippen LogP contribution in [0.1, 0.15) is 21.5 Å². The number of ether oxygens (including phenoxy) is 2. The summed E-state index contributed by atoms with van der Waals surface area (Å²) in [6.07, 6.45) is 0.0801. The van der Waals surface area contributed by atoms with E-state index in [1.807, 2.05) is 30.3 Å². The molecule has 0 heterocycles. The molecule has 7 heteroatoms. The Bertz CT molecular complexity index is 1030. The zero-order chi connectivity index (χ0) is 22.2. The van der Waals surface area contributed by atoms with Crippen LogP contribution in [0.15, 0.2) is 72.8 Å². The Kier molecular flexibility index (Phi) is 7.11. The number of aliphatic carboxylic acids is 1. The highest BCUT2D eigenvalue weighted by atomic mass is 16.5. The van der Waals surface area contributed by atoms with Crippen molar-refractivity contribution in [2.24, 2.45) is 0 Å². The van der Waals surface area contributed by atoms with Gasteiger partial charge in [0.1, 0.15) is 18.4 Å². The quantitative estimate of drug-likeness (QED) is 0.489. The second-order valence-corrected chi connectivity index (χ2v) is 6.87. The Morgan fingerprint density at radius 3 is 2.29 bits per heavy atom. The first kappa shape index (κ1) is 21.7. The van der Waals surface area contributed by atoms with Crippen LogP contribution in [0.4, 0.5) is 0 Å². The van der Waals surface area contributed by atoms with E-state index in [0.29, 0.717) is 23.7 Å². The first-order chi connectivity index (χ1) is 15.0. The molecule has 0 fully saturated rings. The van der Waals surface area contributed by atoms with E-state index in [2.05, 4.69) is 5.32 Å². The Labute approximate surface area is 179 Å². The van der Waals surface area contributed by atoms with Gasteiger partial charge in [-0.3, -0.25) is 4.79 Å². The van der Waals surface area contributed by atoms with Crippen LogP contribution in [0.25, 0.3) is 0 Å². The predicted octanol–water partition coefficient (Wildman–Crippen LogP) is 3.41. The number of carbonyl (C=O) groups excluding carboxylic acids is 1. The largest absolute Gasteiger partial charge is 0.508 e. The Hall–Kier alpha value is -4.00. The van der Waals surface area contributed by atoms with Crippen LogP contribution in [0, 0.1) is 0 Å². The lowest BCUT2D eigenvalue weighted by Crippen LogP contribution is -2.42. The standard InChI is InChI=1S/C24H23NO6/c1-30-22-14-18(9-12-21(22)31-15-17-5-3-2-4-6-17)23(27)25-20(24(28)29)13-16-7-10-19(26)11-8-16/h2-12,14,20,26H,13,15H2,1H3,(H,25,27)(H,28,29). The first-order valence-electron chi connectivity index (χ1n) is 9.62. The van der Waals surface area contributed by atoms with Gasteiger partial charge in [0, 0.05) is 12.0 Å². The minimum atomic E-state index is -1.16. The van der Waals surface area contributed by atoms with Gasteiger partial charge in [0.05, 0.1) is 7.11 Å². The van der Waals surface area contributed by atoms with Gasteiger partial charge in [-0.2, -0.15) is 0 Å². The number of phenols is 1. The van der Waals surface area contributed by atoms with Crippen molar-refractivity contribution in [1.82, 2.24) is 5.32 Å². The number of carboxylic acids is 1. The molecule has 3 rings (SSSR count). The third-order valence-corrected chi connectivity index (χ3v) is 4.64. The molecule has 0 spiro atoms. The van der Waals surface area contributed by atoms with Crippen molar-refractivity contribution in [3.8, 4) is 17.2 Å². The van der Waals surface area contributed by atoms with Gasteiger partial charge in [0.2, 0.25) is 0 Å². The Morgan fingerprint density at radius 1 is 0.935 bits per heavy atom. The minimum Gasteiger partial charge on any atom is -0.508 e. The fraction of sp³-hybridized carbons (Fsp3) is 0.167. The molecule has 0 saturated carbocycles. The summed E-state index contributed by atoms with van der Waals surface area (Å²) in [6, 6.07) is 19.3. The van der Waals surface area contributed by atoms with Crippen molar-refractivity contribution < 1.29 is 29.3 Å². The molecular weight excluding hydrogens is 398 g/mol. The number of carboxylic acid groups (broad SMARTS) is 1. The lowest BCUT2D eigenvalue weighted by molar-refractivity contribution is -0.139. The van der Waals surface area contributed by atoms with Crippen LogP contribution in [0.5, 0.6) is 17.2 Å². The van der Waals surface area contributed by atoms with Crippen molar-refractivity contribution in [1.29, 1.82) is 0 Å². The smallest absolute Gasteiger partial charge is 0.326 e. The highest BCUT2D eigenvalue weighted by Crippen LogP contribution is 2.29. The molecule has 0 bridgehead atoms. The van der Waals surface area contributed by atoms with Gasteiger partial charge in [0.15, 0.2) is 11.5 Å². The number of nitrogens with one attached hydrogen (secondary N) is 1. The first-order valence-corrected chi connectivity index (χ1v) is 9.62. The number of hydrogen-bond acceptors (Lipinski definition) is 5. The van der Waals surface area contributed by atoms with Crippen LogP contribution < -0.4 is 14.8 Å². The number of amides is 1. The van der Waals surface area contributed by atoms with E-state index in [0.717, 1.165) is 5.56 Å². The molecule has 0 aliphatic carbocycles. The SMILES string of the molecule is COc1cc(C(=O)NC(Cc2ccc(O)cc2)C(=O)O)ccc1OCc1ccccc1. The van der Waals surface area contributed by atoms with Crippen LogP contribution in [-0.2, 0) is 17.8 Å². The van der Waals surface area contributed by atoms with Crippen LogP contribution >= 0.6 is 0 Å². The van der Waals surface area contributed by atoms with Crippen LogP contribution in [0.3, 0.4) is 0 Å². The molecule has 1 atom stereocenters. The Morgan fingerprint density at radius 2 is 1.65 bits per heavy atom. The fourth-order valence-electron chi connectivity index (χ4n) is 2.97. The molecule has 3 aromatic carbocycles. The third kappa shape index (κ3) is 5.99. The number of benzene rings is 3. The molecule has 7 nitrogen and oxygen atoms in total. The molecule has 1 amide bonds. The van der Waals surface area contributed by atoms with E-state index < -0.39 is 17.9 Å². The molecule has 0 aliphatic rings. The maximum Gasteiger partial charge on any atom is 0.326 e. The summed E-state index contributed by atoms with van der Waals surface area (Å²) in [7, 11) is 1.47. The van der Waals surface area contributed by atoms with Crippen molar-refractivity contribution in [2.75, 3.05) is 7.11 Å². The van der Waals surface area contributed by atoms with E-state index in [1.54, 1.807) is 24.3 Å². The summed E-state index contributed by atoms with van der Waals surface area (Å²) in [4.78, 5) is 24.3. The summed E-state index contributed by atoms with van der Waals surface area (Å²) in [6.45, 7) is 0.344.